The quantitative estimate of drug-likeness (QED) is 0.0199. The lowest BCUT2D eigenvalue weighted by Crippen LogP contribution is -2.30. The van der Waals surface area contributed by atoms with E-state index in [-0.39, 0.29) is 37.5 Å². The number of unbranched alkanes of at least 4 members (excludes halogenated alkanes) is 22. The third-order valence-corrected chi connectivity index (χ3v) is 11.1. The second-order valence-electron chi connectivity index (χ2n) is 17.4. The van der Waals surface area contributed by atoms with Gasteiger partial charge in [-0.3, -0.25) is 14.4 Å². The molecule has 0 aromatic heterocycles. The van der Waals surface area contributed by atoms with E-state index < -0.39 is 6.10 Å². The van der Waals surface area contributed by atoms with Crippen molar-refractivity contribution in [1.82, 2.24) is 0 Å². The van der Waals surface area contributed by atoms with Gasteiger partial charge in [-0.1, -0.05) is 214 Å². The summed E-state index contributed by atoms with van der Waals surface area (Å²) in [6.07, 6.45) is 69.7. The van der Waals surface area contributed by atoms with Crippen molar-refractivity contribution in [3.05, 3.63) is 97.2 Å². The van der Waals surface area contributed by atoms with Gasteiger partial charge in [0.15, 0.2) is 6.10 Å². The fourth-order valence-corrected chi connectivity index (χ4v) is 7.13. The van der Waals surface area contributed by atoms with Gasteiger partial charge in [-0.25, -0.2) is 0 Å². The molecule has 0 radical (unpaired) electrons. The van der Waals surface area contributed by atoms with Gasteiger partial charge in [0.1, 0.15) is 13.2 Å². The van der Waals surface area contributed by atoms with Crippen molar-refractivity contribution in [3.8, 4) is 0 Å². The summed E-state index contributed by atoms with van der Waals surface area (Å²) in [7, 11) is 0. The van der Waals surface area contributed by atoms with Crippen molar-refractivity contribution in [2.24, 2.45) is 0 Å². The zero-order valence-electron chi connectivity index (χ0n) is 42.2. The van der Waals surface area contributed by atoms with E-state index in [4.69, 9.17) is 14.2 Å². The molecule has 6 nitrogen and oxygen atoms in total. The highest BCUT2D eigenvalue weighted by Crippen LogP contribution is 2.14. The fraction of sp³-hybridized carbons (Fsp3) is 0.678. The fourth-order valence-electron chi connectivity index (χ4n) is 7.13. The standard InChI is InChI=1S/C59H98O6/c1-4-7-10-13-16-19-22-25-27-29-30-32-34-37-40-43-46-49-52-58(61)64-55-56(54-63-57(60)51-48-45-42-39-36-33-24-21-18-15-12-9-6-3)65-59(62)53-50-47-44-41-38-35-31-28-26-23-20-17-14-11-8-5-2/h8-9,11-12,15,17-18,20-21,24,26,28,30,32,35,38,56H,4-7,10,13-14,16,19,22-23,25,27,29,31,33-34,36-37,39-55H2,1-3H3/b11-8-,12-9-,18-15-,20-17-,24-21-,28-26-,32-30-,38-35-. The van der Waals surface area contributed by atoms with Gasteiger partial charge in [0, 0.05) is 19.3 Å². The highest BCUT2D eigenvalue weighted by molar-refractivity contribution is 5.71. The minimum atomic E-state index is -0.807. The molecule has 0 bridgehead atoms. The minimum Gasteiger partial charge on any atom is -0.462 e. The van der Waals surface area contributed by atoms with Crippen LogP contribution in [-0.2, 0) is 28.6 Å². The van der Waals surface area contributed by atoms with Gasteiger partial charge in [0.2, 0.25) is 0 Å². The third-order valence-electron chi connectivity index (χ3n) is 11.1. The molecule has 0 heterocycles. The van der Waals surface area contributed by atoms with E-state index in [9.17, 15) is 14.4 Å². The number of hydrogen-bond acceptors (Lipinski definition) is 6. The molecule has 0 fully saturated rings. The van der Waals surface area contributed by atoms with Crippen LogP contribution >= 0.6 is 0 Å². The SMILES string of the molecule is CC\C=C/C=C\C=C/CCCCCCCC(=O)OCC(COC(=O)CCCCCCC/C=C\CCCCCCCCCCC)OC(=O)CCCCC/C=C\C/C=C\C/C=C\C/C=C\CC. The first kappa shape index (κ1) is 61.3. The number of carbonyl (C=O) groups excluding carboxylic acids is 3. The molecule has 0 spiro atoms. The number of ether oxygens (including phenoxy) is 3. The van der Waals surface area contributed by atoms with Gasteiger partial charge in [-0.05, 0) is 103 Å². The first-order valence-electron chi connectivity index (χ1n) is 26.8. The Kier molecular flexibility index (Phi) is 50.0. The van der Waals surface area contributed by atoms with E-state index in [0.29, 0.717) is 12.8 Å². The minimum absolute atomic E-state index is 0.102. The van der Waals surface area contributed by atoms with Crippen molar-refractivity contribution in [2.45, 2.75) is 245 Å². The maximum atomic E-state index is 12.8. The molecule has 0 N–H and O–H groups in total. The summed E-state index contributed by atoms with van der Waals surface area (Å²) in [6, 6.07) is 0. The lowest BCUT2D eigenvalue weighted by Gasteiger charge is -2.18. The first-order valence-corrected chi connectivity index (χ1v) is 26.8. The van der Waals surface area contributed by atoms with Crippen molar-refractivity contribution in [2.75, 3.05) is 13.2 Å². The maximum Gasteiger partial charge on any atom is 0.306 e. The Morgan fingerprint density at radius 2 is 0.677 bits per heavy atom. The van der Waals surface area contributed by atoms with E-state index in [0.717, 1.165) is 122 Å². The summed E-state index contributed by atoms with van der Waals surface area (Å²) in [6.45, 7) is 6.34. The number of rotatable bonds is 47. The summed E-state index contributed by atoms with van der Waals surface area (Å²) >= 11 is 0. The third kappa shape index (κ3) is 51.2. The van der Waals surface area contributed by atoms with Gasteiger partial charge in [0.05, 0.1) is 0 Å². The monoisotopic (exact) mass is 903 g/mol. The molecule has 0 aliphatic heterocycles. The molecule has 6 heteroatoms. The Balaban J connectivity index is 4.46. The van der Waals surface area contributed by atoms with Gasteiger partial charge in [-0.15, -0.1) is 0 Å². The van der Waals surface area contributed by atoms with Gasteiger partial charge in [0.25, 0.3) is 0 Å². The summed E-state index contributed by atoms with van der Waals surface area (Å²) in [5.41, 5.74) is 0. The van der Waals surface area contributed by atoms with Crippen LogP contribution in [0.2, 0.25) is 0 Å². The van der Waals surface area contributed by atoms with Crippen LogP contribution in [-0.4, -0.2) is 37.2 Å². The highest BCUT2D eigenvalue weighted by Gasteiger charge is 2.19. The predicted molar refractivity (Wildman–Crippen MR) is 279 cm³/mol. The summed E-state index contributed by atoms with van der Waals surface area (Å²) < 4.78 is 16.8. The summed E-state index contributed by atoms with van der Waals surface area (Å²) in [4.78, 5) is 38.0. The van der Waals surface area contributed by atoms with Crippen molar-refractivity contribution < 1.29 is 28.6 Å². The molecule has 0 amide bonds. The van der Waals surface area contributed by atoms with Crippen molar-refractivity contribution in [1.29, 1.82) is 0 Å². The van der Waals surface area contributed by atoms with Crippen LogP contribution in [0, 0.1) is 0 Å². The Morgan fingerprint density at radius 1 is 0.338 bits per heavy atom. The highest BCUT2D eigenvalue weighted by atomic mass is 16.6. The molecule has 1 unspecified atom stereocenters. The van der Waals surface area contributed by atoms with E-state index in [1.807, 2.05) is 0 Å². The molecule has 0 aliphatic carbocycles. The van der Waals surface area contributed by atoms with Gasteiger partial charge >= 0.3 is 17.9 Å². The van der Waals surface area contributed by atoms with E-state index in [1.165, 1.54) is 77.0 Å². The molecule has 370 valence electrons. The molecular formula is C59H98O6. The lowest BCUT2D eigenvalue weighted by atomic mass is 10.1. The second-order valence-corrected chi connectivity index (χ2v) is 17.4. The van der Waals surface area contributed by atoms with Crippen molar-refractivity contribution in [3.63, 3.8) is 0 Å². The van der Waals surface area contributed by atoms with Crippen LogP contribution < -0.4 is 0 Å². The van der Waals surface area contributed by atoms with Gasteiger partial charge < -0.3 is 14.2 Å². The summed E-state index contributed by atoms with van der Waals surface area (Å²) in [5.74, 6) is -0.964. The van der Waals surface area contributed by atoms with Gasteiger partial charge in [-0.2, -0.15) is 0 Å². The molecule has 0 aromatic carbocycles. The summed E-state index contributed by atoms with van der Waals surface area (Å²) in [5, 5.41) is 0. The van der Waals surface area contributed by atoms with Crippen molar-refractivity contribution >= 4 is 17.9 Å². The Morgan fingerprint density at radius 3 is 1.14 bits per heavy atom. The Labute approximate surface area is 400 Å². The number of esters is 3. The maximum absolute atomic E-state index is 12.8. The zero-order valence-corrected chi connectivity index (χ0v) is 42.2. The molecule has 0 saturated carbocycles. The lowest BCUT2D eigenvalue weighted by molar-refractivity contribution is -0.167. The molecule has 1 atom stereocenters. The number of allylic oxidation sites excluding steroid dienone is 16. The molecule has 65 heavy (non-hydrogen) atoms. The smallest absolute Gasteiger partial charge is 0.306 e. The zero-order chi connectivity index (χ0) is 47.2. The van der Waals surface area contributed by atoms with E-state index in [2.05, 4.69) is 118 Å². The van der Waals surface area contributed by atoms with Crippen LogP contribution in [0.15, 0.2) is 97.2 Å². The predicted octanol–water partition coefficient (Wildman–Crippen LogP) is 17.8. The second kappa shape index (κ2) is 52.9. The molecular weight excluding hydrogens is 805 g/mol. The number of carbonyl (C=O) groups is 3. The normalized spacial score (nSPS) is 12.8. The van der Waals surface area contributed by atoms with Crippen LogP contribution in [0.3, 0.4) is 0 Å². The van der Waals surface area contributed by atoms with Crippen LogP contribution in [0.4, 0.5) is 0 Å². The Bertz CT molecular complexity index is 1310. The molecule has 0 aliphatic rings. The van der Waals surface area contributed by atoms with Crippen LogP contribution in [0.5, 0.6) is 0 Å². The molecule has 0 rings (SSSR count). The van der Waals surface area contributed by atoms with Crippen LogP contribution in [0.25, 0.3) is 0 Å². The van der Waals surface area contributed by atoms with Crippen LogP contribution in [0.1, 0.15) is 239 Å². The number of hydrogen-bond donors (Lipinski definition) is 0. The molecule has 0 saturated heterocycles. The van der Waals surface area contributed by atoms with E-state index in [1.54, 1.807) is 0 Å². The average molecular weight is 903 g/mol. The molecule has 0 aromatic rings. The topological polar surface area (TPSA) is 78.9 Å². The first-order chi connectivity index (χ1) is 32.0. The Hall–Kier alpha value is -3.67. The average Bonchev–Trinajstić information content (AvgIpc) is 3.30. The largest absolute Gasteiger partial charge is 0.462 e. The van der Waals surface area contributed by atoms with E-state index >= 15 is 0 Å².